The predicted octanol–water partition coefficient (Wildman–Crippen LogP) is 6.55. The second kappa shape index (κ2) is 9.07. The molecule has 1 N–H and O–H groups in total. The topological polar surface area (TPSA) is 56.1 Å². The molecule has 2 aromatic rings. The Balaban J connectivity index is 1.99. The smallest absolute Gasteiger partial charge is 0.266 e. The molecule has 160 valence electrons. The van der Waals surface area contributed by atoms with Crippen LogP contribution in [0.2, 0.25) is 0 Å². The number of carbonyl (C=O) groups is 1. The maximum Gasteiger partial charge on any atom is 0.266 e. The summed E-state index contributed by atoms with van der Waals surface area (Å²) in [4.78, 5) is 14.8. The van der Waals surface area contributed by atoms with Gasteiger partial charge in [0.2, 0.25) is 0 Å². The highest BCUT2D eigenvalue weighted by Crippen LogP contribution is 2.40. The molecule has 0 saturated heterocycles. The van der Waals surface area contributed by atoms with Gasteiger partial charge >= 0.3 is 0 Å². The Labute approximate surface area is 191 Å². The third-order valence-corrected chi connectivity index (χ3v) is 5.78. The molecular weight excluding hydrogens is 457 g/mol. The zero-order valence-electron chi connectivity index (χ0n) is 18.1. The number of nitrogens with zero attached hydrogens (tertiary/aromatic N) is 2. The SMILES string of the molecule is CCCN1c2cc(F)c(/C=C(\C#N)C(=O)Nc3cccc(Br)c3)cc2C(C)=CC1(C)C. The van der Waals surface area contributed by atoms with Crippen molar-refractivity contribution in [3.8, 4) is 6.07 Å². The molecule has 2 aromatic carbocycles. The monoisotopic (exact) mass is 481 g/mol. The molecule has 0 radical (unpaired) electrons. The van der Waals surface area contributed by atoms with Crippen molar-refractivity contribution >= 4 is 44.9 Å². The molecule has 31 heavy (non-hydrogen) atoms. The lowest BCUT2D eigenvalue weighted by atomic mass is 9.87. The zero-order chi connectivity index (χ0) is 22.8. The Morgan fingerprint density at radius 2 is 2.06 bits per heavy atom. The quantitative estimate of drug-likeness (QED) is 0.389. The number of nitriles is 1. The van der Waals surface area contributed by atoms with Gasteiger partial charge in [-0.2, -0.15) is 5.26 Å². The first kappa shape index (κ1) is 22.8. The normalized spacial score (nSPS) is 15.1. The van der Waals surface area contributed by atoms with E-state index in [1.807, 2.05) is 19.1 Å². The van der Waals surface area contributed by atoms with Crippen molar-refractivity contribution in [2.45, 2.75) is 39.7 Å². The maximum atomic E-state index is 15.1. The first-order chi connectivity index (χ1) is 14.7. The number of hydrogen-bond donors (Lipinski definition) is 1. The number of amides is 1. The van der Waals surface area contributed by atoms with E-state index in [4.69, 9.17) is 0 Å². The van der Waals surface area contributed by atoms with Crippen LogP contribution >= 0.6 is 15.9 Å². The number of nitrogens with one attached hydrogen (secondary N) is 1. The van der Waals surface area contributed by atoms with Crippen LogP contribution in [0.5, 0.6) is 0 Å². The summed E-state index contributed by atoms with van der Waals surface area (Å²) in [5.74, 6) is -1.05. The number of carbonyl (C=O) groups excluding carboxylic acids is 1. The van der Waals surface area contributed by atoms with Crippen LogP contribution in [0.3, 0.4) is 0 Å². The summed E-state index contributed by atoms with van der Waals surface area (Å²) in [5.41, 5.74) is 3.15. The molecule has 0 atom stereocenters. The average molecular weight is 482 g/mol. The second-order valence-corrected chi connectivity index (χ2v) is 9.07. The third-order valence-electron chi connectivity index (χ3n) is 5.29. The molecule has 1 heterocycles. The van der Waals surface area contributed by atoms with E-state index < -0.39 is 11.7 Å². The van der Waals surface area contributed by atoms with E-state index in [9.17, 15) is 10.1 Å². The van der Waals surface area contributed by atoms with Crippen LogP contribution in [0.25, 0.3) is 11.6 Å². The van der Waals surface area contributed by atoms with E-state index in [-0.39, 0.29) is 16.7 Å². The third kappa shape index (κ3) is 4.88. The fourth-order valence-electron chi connectivity index (χ4n) is 3.93. The van der Waals surface area contributed by atoms with Gasteiger partial charge in [-0.15, -0.1) is 0 Å². The molecular formula is C25H25BrFN3O. The van der Waals surface area contributed by atoms with Gasteiger partial charge in [-0.25, -0.2) is 4.39 Å². The van der Waals surface area contributed by atoms with Gasteiger partial charge in [-0.3, -0.25) is 4.79 Å². The Kier molecular flexibility index (Phi) is 6.66. The Hall–Kier alpha value is -2.91. The minimum absolute atomic E-state index is 0.165. The highest BCUT2D eigenvalue weighted by atomic mass is 79.9. The van der Waals surface area contributed by atoms with Crippen LogP contribution in [0.1, 0.15) is 45.2 Å². The van der Waals surface area contributed by atoms with Gasteiger partial charge in [0.15, 0.2) is 0 Å². The summed E-state index contributed by atoms with van der Waals surface area (Å²) in [7, 11) is 0. The lowest BCUT2D eigenvalue weighted by Crippen LogP contribution is -2.45. The fraction of sp³-hybridized carbons (Fsp3) is 0.280. The van der Waals surface area contributed by atoms with Crippen LogP contribution in [-0.2, 0) is 4.79 Å². The summed E-state index contributed by atoms with van der Waals surface area (Å²) in [5, 5.41) is 12.2. The van der Waals surface area contributed by atoms with Crippen LogP contribution in [0.15, 0.2) is 52.5 Å². The number of halogens is 2. The number of anilines is 2. The molecule has 4 nitrogen and oxygen atoms in total. The highest BCUT2D eigenvalue weighted by molar-refractivity contribution is 9.10. The number of benzene rings is 2. The number of fused-ring (bicyclic) bond motifs is 1. The van der Waals surface area contributed by atoms with Gasteiger partial charge in [0.05, 0.1) is 5.54 Å². The van der Waals surface area contributed by atoms with Crippen molar-refractivity contribution in [3.05, 3.63) is 69.5 Å². The Morgan fingerprint density at radius 1 is 1.32 bits per heavy atom. The van der Waals surface area contributed by atoms with Crippen molar-refractivity contribution in [1.82, 2.24) is 0 Å². The molecule has 0 bridgehead atoms. The maximum absolute atomic E-state index is 15.1. The second-order valence-electron chi connectivity index (χ2n) is 8.16. The van der Waals surface area contributed by atoms with Crippen LogP contribution in [0, 0.1) is 17.1 Å². The minimum Gasteiger partial charge on any atom is -0.362 e. The molecule has 1 amide bonds. The first-order valence-electron chi connectivity index (χ1n) is 10.2. The number of allylic oxidation sites excluding steroid dienone is 1. The molecule has 0 spiro atoms. The van der Waals surface area contributed by atoms with Crippen molar-refractivity contribution in [2.75, 3.05) is 16.8 Å². The number of rotatable bonds is 5. The lowest BCUT2D eigenvalue weighted by Gasteiger charge is -2.43. The van der Waals surface area contributed by atoms with E-state index in [2.05, 4.69) is 53.0 Å². The zero-order valence-corrected chi connectivity index (χ0v) is 19.7. The fourth-order valence-corrected chi connectivity index (χ4v) is 4.33. The molecule has 0 fully saturated rings. The summed E-state index contributed by atoms with van der Waals surface area (Å²) in [6.07, 6.45) is 4.41. The molecule has 6 heteroatoms. The Morgan fingerprint density at radius 3 is 2.71 bits per heavy atom. The Bertz CT molecular complexity index is 1130. The molecule has 3 rings (SSSR count). The minimum atomic E-state index is -0.585. The van der Waals surface area contributed by atoms with E-state index in [1.54, 1.807) is 24.3 Å². The van der Waals surface area contributed by atoms with E-state index in [0.29, 0.717) is 5.69 Å². The predicted molar refractivity (Wildman–Crippen MR) is 128 cm³/mol. The van der Waals surface area contributed by atoms with Gasteiger partial charge in [0.1, 0.15) is 17.5 Å². The molecule has 1 aliphatic rings. The summed E-state index contributed by atoms with van der Waals surface area (Å²) in [6.45, 7) is 9.12. The lowest BCUT2D eigenvalue weighted by molar-refractivity contribution is -0.112. The molecule has 0 aromatic heterocycles. The van der Waals surface area contributed by atoms with Crippen molar-refractivity contribution in [3.63, 3.8) is 0 Å². The first-order valence-corrected chi connectivity index (χ1v) is 11.0. The van der Waals surface area contributed by atoms with Gasteiger partial charge in [0.25, 0.3) is 5.91 Å². The molecule has 1 aliphatic heterocycles. The van der Waals surface area contributed by atoms with E-state index in [1.165, 1.54) is 12.1 Å². The summed E-state index contributed by atoms with van der Waals surface area (Å²) >= 11 is 3.34. The highest BCUT2D eigenvalue weighted by Gasteiger charge is 2.31. The van der Waals surface area contributed by atoms with Gasteiger partial charge in [-0.1, -0.05) is 35.0 Å². The standard InChI is InChI=1S/C25H25BrFN3O/c1-5-9-30-23-13-22(27)17(11-21(23)16(2)14-25(30,3)4)10-18(15-28)24(31)29-20-8-6-7-19(26)12-20/h6-8,10-14H,5,9H2,1-4H3,(H,29,31)/b18-10+. The van der Waals surface area contributed by atoms with Crippen molar-refractivity contribution in [1.29, 1.82) is 5.26 Å². The molecule has 0 unspecified atom stereocenters. The van der Waals surface area contributed by atoms with Gasteiger partial charge in [0, 0.05) is 33.5 Å². The molecule has 0 aliphatic carbocycles. The van der Waals surface area contributed by atoms with Gasteiger partial charge in [-0.05, 0) is 69.2 Å². The van der Waals surface area contributed by atoms with Crippen LogP contribution in [-0.4, -0.2) is 18.0 Å². The van der Waals surface area contributed by atoms with E-state index in [0.717, 1.165) is 34.3 Å². The van der Waals surface area contributed by atoms with Crippen LogP contribution in [0.4, 0.5) is 15.8 Å². The van der Waals surface area contributed by atoms with Crippen molar-refractivity contribution in [2.24, 2.45) is 0 Å². The van der Waals surface area contributed by atoms with E-state index >= 15 is 4.39 Å². The van der Waals surface area contributed by atoms with Crippen molar-refractivity contribution < 1.29 is 9.18 Å². The average Bonchev–Trinajstić information content (AvgIpc) is 2.69. The largest absolute Gasteiger partial charge is 0.362 e. The molecule has 0 saturated carbocycles. The van der Waals surface area contributed by atoms with Crippen LogP contribution < -0.4 is 10.2 Å². The summed E-state index contributed by atoms with van der Waals surface area (Å²) < 4.78 is 15.9. The van der Waals surface area contributed by atoms with Gasteiger partial charge < -0.3 is 10.2 Å². The number of hydrogen-bond acceptors (Lipinski definition) is 3. The summed E-state index contributed by atoms with van der Waals surface area (Å²) in [6, 6.07) is 12.2.